The summed E-state index contributed by atoms with van der Waals surface area (Å²) in [6.45, 7) is 0. The molecule has 0 radical (unpaired) electrons. The molecule has 12 heavy (non-hydrogen) atoms. The van der Waals surface area contributed by atoms with Crippen LogP contribution in [0.4, 0.5) is 0 Å². The van der Waals surface area contributed by atoms with Gasteiger partial charge in [0.25, 0.3) is 0 Å². The van der Waals surface area contributed by atoms with Gasteiger partial charge in [-0.05, 0) is 28.1 Å². The first kappa shape index (κ1) is 7.95. The second kappa shape index (κ2) is 2.99. The first-order valence-corrected chi connectivity index (χ1v) is 4.50. The van der Waals surface area contributed by atoms with Crippen LogP contribution in [0, 0.1) is 0 Å². The third kappa shape index (κ3) is 1.30. The van der Waals surface area contributed by atoms with E-state index in [2.05, 4.69) is 25.9 Å². The molecular formula is C8H4BrClN2. The average molecular weight is 243 g/mol. The van der Waals surface area contributed by atoms with Crippen LogP contribution in [-0.2, 0) is 0 Å². The molecule has 0 bridgehead atoms. The molecular weight excluding hydrogens is 239 g/mol. The summed E-state index contributed by atoms with van der Waals surface area (Å²) >= 11 is 9.18. The van der Waals surface area contributed by atoms with Crippen molar-refractivity contribution in [1.29, 1.82) is 0 Å². The number of hydrogen-bond donors (Lipinski definition) is 0. The van der Waals surface area contributed by atoms with Crippen LogP contribution in [0.15, 0.2) is 29.1 Å². The maximum absolute atomic E-state index is 5.91. The molecule has 60 valence electrons. The Hall–Kier alpha value is -0.670. The first-order valence-electron chi connectivity index (χ1n) is 3.33. The number of nitrogens with zero attached hydrogens (tertiary/aromatic N) is 2. The fraction of sp³-hybridized carbons (Fsp3) is 0. The summed E-state index contributed by atoms with van der Waals surface area (Å²) in [7, 11) is 0. The lowest BCUT2D eigenvalue weighted by Gasteiger charge is -1.97. The van der Waals surface area contributed by atoms with E-state index in [0.29, 0.717) is 5.02 Å². The molecule has 0 atom stereocenters. The van der Waals surface area contributed by atoms with Crippen molar-refractivity contribution >= 4 is 38.4 Å². The molecule has 0 saturated carbocycles. The number of rotatable bonds is 0. The highest BCUT2D eigenvalue weighted by atomic mass is 79.9. The quantitative estimate of drug-likeness (QED) is 0.665. The molecule has 0 aliphatic carbocycles. The van der Waals surface area contributed by atoms with E-state index < -0.39 is 0 Å². The van der Waals surface area contributed by atoms with Gasteiger partial charge in [0.1, 0.15) is 4.60 Å². The van der Waals surface area contributed by atoms with E-state index in [9.17, 15) is 0 Å². The van der Waals surface area contributed by atoms with Gasteiger partial charge < -0.3 is 0 Å². The Balaban J connectivity index is 2.86. The molecule has 2 aromatic rings. The first-order chi connectivity index (χ1) is 5.77. The predicted molar refractivity (Wildman–Crippen MR) is 52.2 cm³/mol. The second-order valence-corrected chi connectivity index (χ2v) is 3.54. The van der Waals surface area contributed by atoms with Gasteiger partial charge in [0.2, 0.25) is 0 Å². The predicted octanol–water partition coefficient (Wildman–Crippen LogP) is 3.05. The van der Waals surface area contributed by atoms with E-state index in [-0.39, 0.29) is 0 Å². The minimum atomic E-state index is 0.681. The van der Waals surface area contributed by atoms with Crippen LogP contribution in [0.5, 0.6) is 0 Å². The van der Waals surface area contributed by atoms with Gasteiger partial charge in [0.05, 0.1) is 10.5 Å². The summed E-state index contributed by atoms with van der Waals surface area (Å²) in [5.74, 6) is 0. The largest absolute Gasteiger partial charge is 0.256 e. The zero-order valence-electron chi connectivity index (χ0n) is 5.96. The van der Waals surface area contributed by atoms with Crippen molar-refractivity contribution in [2.45, 2.75) is 0 Å². The van der Waals surface area contributed by atoms with E-state index in [1.165, 1.54) is 0 Å². The van der Waals surface area contributed by atoms with Crippen LogP contribution in [-0.4, -0.2) is 9.97 Å². The van der Waals surface area contributed by atoms with Crippen molar-refractivity contribution in [1.82, 2.24) is 9.97 Å². The molecule has 0 spiro atoms. The van der Waals surface area contributed by atoms with Gasteiger partial charge in [-0.1, -0.05) is 11.6 Å². The van der Waals surface area contributed by atoms with Crippen LogP contribution in [0.1, 0.15) is 0 Å². The van der Waals surface area contributed by atoms with Crippen LogP contribution in [0.2, 0.25) is 5.02 Å². The minimum absolute atomic E-state index is 0.681. The Bertz CT molecular complexity index is 430. The molecule has 2 rings (SSSR count). The number of hydrogen-bond acceptors (Lipinski definition) is 2. The third-order valence-corrected chi connectivity index (χ3v) is 2.30. The number of fused-ring (bicyclic) bond motifs is 1. The van der Waals surface area contributed by atoms with Gasteiger partial charge in [0, 0.05) is 17.8 Å². The van der Waals surface area contributed by atoms with E-state index in [1.54, 1.807) is 18.5 Å². The molecule has 2 heterocycles. The molecule has 2 aromatic heterocycles. The lowest BCUT2D eigenvalue weighted by atomic mass is 10.3. The van der Waals surface area contributed by atoms with E-state index in [0.717, 1.165) is 15.5 Å². The van der Waals surface area contributed by atoms with E-state index >= 15 is 0 Å². The fourth-order valence-electron chi connectivity index (χ4n) is 0.984. The minimum Gasteiger partial charge on any atom is -0.256 e. The average Bonchev–Trinajstić information content (AvgIpc) is 2.04. The summed E-state index contributed by atoms with van der Waals surface area (Å²) in [6, 6.07) is 3.58. The Morgan fingerprint density at radius 3 is 3.00 bits per heavy atom. The highest BCUT2D eigenvalue weighted by Crippen LogP contribution is 2.21. The topological polar surface area (TPSA) is 25.8 Å². The molecule has 0 saturated heterocycles. The smallest absolute Gasteiger partial charge is 0.108 e. The van der Waals surface area contributed by atoms with Crippen molar-refractivity contribution in [3.8, 4) is 0 Å². The van der Waals surface area contributed by atoms with Gasteiger partial charge in [-0.3, -0.25) is 4.98 Å². The SMILES string of the molecule is Clc1ccnc2cc(Br)ncc12. The van der Waals surface area contributed by atoms with Crippen molar-refractivity contribution in [3.05, 3.63) is 34.2 Å². The second-order valence-electron chi connectivity index (χ2n) is 2.32. The van der Waals surface area contributed by atoms with E-state index in [4.69, 9.17) is 11.6 Å². The highest BCUT2D eigenvalue weighted by Gasteiger charge is 1.99. The maximum atomic E-state index is 5.91. The van der Waals surface area contributed by atoms with Crippen LogP contribution >= 0.6 is 27.5 Å². The Kier molecular flexibility index (Phi) is 1.98. The van der Waals surface area contributed by atoms with Crippen molar-refractivity contribution in [2.75, 3.05) is 0 Å². The normalized spacial score (nSPS) is 10.5. The van der Waals surface area contributed by atoms with Gasteiger partial charge in [-0.15, -0.1) is 0 Å². The molecule has 0 amide bonds. The van der Waals surface area contributed by atoms with E-state index in [1.807, 2.05) is 6.07 Å². The van der Waals surface area contributed by atoms with Gasteiger partial charge >= 0.3 is 0 Å². The molecule has 0 unspecified atom stereocenters. The number of halogens is 2. The Labute approximate surface area is 82.7 Å². The third-order valence-electron chi connectivity index (χ3n) is 1.54. The number of aromatic nitrogens is 2. The molecule has 0 aliphatic rings. The summed E-state index contributed by atoms with van der Waals surface area (Å²) < 4.78 is 0.768. The summed E-state index contributed by atoms with van der Waals surface area (Å²) in [5, 5.41) is 1.56. The lowest BCUT2D eigenvalue weighted by Crippen LogP contribution is -1.81. The molecule has 0 aliphatic heterocycles. The van der Waals surface area contributed by atoms with Crippen LogP contribution in [0.25, 0.3) is 10.9 Å². The Morgan fingerprint density at radius 1 is 1.33 bits per heavy atom. The van der Waals surface area contributed by atoms with Gasteiger partial charge in [0.15, 0.2) is 0 Å². The number of pyridine rings is 2. The molecule has 2 nitrogen and oxygen atoms in total. The Morgan fingerprint density at radius 2 is 2.17 bits per heavy atom. The summed E-state index contributed by atoms with van der Waals surface area (Å²) in [6.07, 6.45) is 3.38. The van der Waals surface area contributed by atoms with Crippen molar-refractivity contribution in [3.63, 3.8) is 0 Å². The van der Waals surface area contributed by atoms with Crippen LogP contribution in [0.3, 0.4) is 0 Å². The molecule has 0 aromatic carbocycles. The zero-order valence-corrected chi connectivity index (χ0v) is 8.30. The van der Waals surface area contributed by atoms with Crippen LogP contribution < -0.4 is 0 Å². The monoisotopic (exact) mass is 242 g/mol. The van der Waals surface area contributed by atoms with Crippen molar-refractivity contribution < 1.29 is 0 Å². The van der Waals surface area contributed by atoms with Gasteiger partial charge in [-0.2, -0.15) is 0 Å². The maximum Gasteiger partial charge on any atom is 0.108 e. The fourth-order valence-corrected chi connectivity index (χ4v) is 1.50. The van der Waals surface area contributed by atoms with Gasteiger partial charge in [-0.25, -0.2) is 4.98 Å². The molecule has 0 N–H and O–H groups in total. The zero-order chi connectivity index (χ0) is 8.55. The van der Waals surface area contributed by atoms with Crippen molar-refractivity contribution in [2.24, 2.45) is 0 Å². The summed E-state index contributed by atoms with van der Waals surface area (Å²) in [5.41, 5.74) is 0.851. The standard InChI is InChI=1S/C8H4BrClN2/c9-8-3-7-5(4-12-8)6(10)1-2-11-7/h1-4H. The molecule has 0 fully saturated rings. The lowest BCUT2D eigenvalue weighted by molar-refractivity contribution is 1.28. The highest BCUT2D eigenvalue weighted by molar-refractivity contribution is 9.10. The summed E-state index contributed by atoms with van der Waals surface area (Å²) in [4.78, 5) is 8.21. The molecule has 4 heteroatoms.